The average molecular weight is 399 g/mol. The van der Waals surface area contributed by atoms with Crippen LogP contribution >= 0.6 is 0 Å². The highest BCUT2D eigenvalue weighted by atomic mass is 32.2. The summed E-state index contributed by atoms with van der Waals surface area (Å²) < 4.78 is 32.9. The van der Waals surface area contributed by atoms with Gasteiger partial charge in [-0.1, -0.05) is 18.2 Å². The number of fused-ring (bicyclic) bond motifs is 1. The highest BCUT2D eigenvalue weighted by Crippen LogP contribution is 2.31. The number of nitrogens with zero attached hydrogens (tertiary/aromatic N) is 2. The zero-order valence-electron chi connectivity index (χ0n) is 15.4. The van der Waals surface area contributed by atoms with Crippen LogP contribution in [-0.4, -0.2) is 36.2 Å². The molecule has 2 heterocycles. The van der Waals surface area contributed by atoms with E-state index in [9.17, 15) is 13.2 Å². The van der Waals surface area contributed by atoms with Crippen LogP contribution in [0.15, 0.2) is 64.2 Å². The first-order valence-electron chi connectivity index (χ1n) is 9.15. The van der Waals surface area contributed by atoms with E-state index in [2.05, 4.69) is 10.3 Å². The molecule has 1 atom stereocenters. The second-order valence-corrected chi connectivity index (χ2v) is 8.84. The number of rotatable bonds is 7. The van der Waals surface area contributed by atoms with Gasteiger partial charge in [-0.3, -0.25) is 9.78 Å². The molecule has 1 aliphatic carbocycles. The molecule has 1 amide bonds. The van der Waals surface area contributed by atoms with Crippen LogP contribution in [0.1, 0.15) is 31.6 Å². The second kappa shape index (κ2) is 7.37. The molecule has 1 fully saturated rings. The van der Waals surface area contributed by atoms with Crippen LogP contribution in [0.25, 0.3) is 11.0 Å². The monoisotopic (exact) mass is 399 g/mol. The van der Waals surface area contributed by atoms with Crippen LogP contribution in [0.3, 0.4) is 0 Å². The molecule has 3 aromatic rings. The van der Waals surface area contributed by atoms with Gasteiger partial charge in [-0.25, -0.2) is 8.42 Å². The van der Waals surface area contributed by atoms with E-state index in [0.717, 1.165) is 23.8 Å². The minimum absolute atomic E-state index is 0.0973. The highest BCUT2D eigenvalue weighted by molar-refractivity contribution is 7.89. The standard InChI is InChI=1S/C20H21N3O4S/c1-14(19-11-15-5-2-3-7-18(15)27-19)22-20(24)13-23(16-8-9-16)28(25,26)17-6-4-10-21-12-17/h2-7,10-12,14,16H,8-9,13H2,1H3,(H,22,24)/t14-/m0/s1. The molecule has 0 radical (unpaired) electrons. The van der Waals surface area contributed by atoms with Crippen molar-refractivity contribution in [2.75, 3.05) is 6.54 Å². The molecule has 2 aromatic heterocycles. The van der Waals surface area contributed by atoms with Crippen LogP contribution in [0.2, 0.25) is 0 Å². The molecule has 0 spiro atoms. The van der Waals surface area contributed by atoms with Crippen molar-refractivity contribution < 1.29 is 17.6 Å². The molecule has 1 aromatic carbocycles. The second-order valence-electron chi connectivity index (χ2n) is 6.95. The van der Waals surface area contributed by atoms with E-state index in [1.807, 2.05) is 37.3 Å². The molecule has 0 saturated heterocycles. The Bertz CT molecular complexity index is 1060. The maximum absolute atomic E-state index is 12.9. The number of carbonyl (C=O) groups excluding carboxylic acids is 1. The lowest BCUT2D eigenvalue weighted by molar-refractivity contribution is -0.122. The van der Waals surface area contributed by atoms with E-state index in [1.54, 1.807) is 6.07 Å². The quantitative estimate of drug-likeness (QED) is 0.659. The molecule has 8 heteroatoms. The third-order valence-electron chi connectivity index (χ3n) is 4.74. The number of pyridine rings is 1. The summed E-state index contributed by atoms with van der Waals surface area (Å²) in [5.74, 6) is 0.259. The number of carbonyl (C=O) groups is 1. The molecule has 0 bridgehead atoms. The van der Waals surface area contributed by atoms with Gasteiger partial charge in [0, 0.05) is 23.8 Å². The first kappa shape index (κ1) is 18.6. The Labute approximate surface area is 163 Å². The Balaban J connectivity index is 1.48. The number of aromatic nitrogens is 1. The van der Waals surface area contributed by atoms with Crippen molar-refractivity contribution in [3.05, 3.63) is 60.6 Å². The normalized spacial score (nSPS) is 15.6. The smallest absolute Gasteiger partial charge is 0.245 e. The summed E-state index contributed by atoms with van der Waals surface area (Å²) in [5, 5.41) is 3.80. The number of sulfonamides is 1. The summed E-state index contributed by atoms with van der Waals surface area (Å²) in [6.45, 7) is 1.58. The number of furan rings is 1. The molecule has 1 aliphatic rings. The predicted molar refractivity (Wildman–Crippen MR) is 104 cm³/mol. The molecule has 28 heavy (non-hydrogen) atoms. The fourth-order valence-electron chi connectivity index (χ4n) is 3.12. The van der Waals surface area contributed by atoms with Gasteiger partial charge in [0.2, 0.25) is 15.9 Å². The van der Waals surface area contributed by atoms with Crippen molar-refractivity contribution in [2.45, 2.75) is 36.7 Å². The van der Waals surface area contributed by atoms with Crippen molar-refractivity contribution in [1.29, 1.82) is 0 Å². The van der Waals surface area contributed by atoms with Crippen molar-refractivity contribution in [2.24, 2.45) is 0 Å². The fourth-order valence-corrected chi connectivity index (χ4v) is 4.73. The lowest BCUT2D eigenvalue weighted by atomic mass is 10.2. The Morgan fingerprint density at radius 1 is 1.29 bits per heavy atom. The molecule has 1 saturated carbocycles. The van der Waals surface area contributed by atoms with Gasteiger partial charge in [-0.05, 0) is 44.0 Å². The van der Waals surface area contributed by atoms with E-state index >= 15 is 0 Å². The van der Waals surface area contributed by atoms with E-state index in [1.165, 1.54) is 22.8 Å². The Hall–Kier alpha value is -2.71. The SMILES string of the molecule is C[C@H](NC(=O)CN(C1CC1)S(=O)(=O)c1cccnc1)c1cc2ccccc2o1. The minimum Gasteiger partial charge on any atom is -0.459 e. The average Bonchev–Trinajstić information content (AvgIpc) is 3.43. The zero-order valence-corrected chi connectivity index (χ0v) is 16.2. The maximum atomic E-state index is 12.9. The van der Waals surface area contributed by atoms with Crippen LogP contribution < -0.4 is 5.32 Å². The largest absolute Gasteiger partial charge is 0.459 e. The molecule has 1 N–H and O–H groups in total. The Kier molecular flexibility index (Phi) is 4.91. The Morgan fingerprint density at radius 3 is 2.75 bits per heavy atom. The zero-order chi connectivity index (χ0) is 19.7. The molecule has 7 nitrogen and oxygen atoms in total. The number of hydrogen-bond acceptors (Lipinski definition) is 5. The van der Waals surface area contributed by atoms with Gasteiger partial charge in [0.25, 0.3) is 0 Å². The third kappa shape index (κ3) is 3.79. The van der Waals surface area contributed by atoms with E-state index in [0.29, 0.717) is 5.76 Å². The third-order valence-corrected chi connectivity index (χ3v) is 6.63. The lowest BCUT2D eigenvalue weighted by Gasteiger charge is -2.22. The molecule has 0 aliphatic heterocycles. The number of amides is 1. The molecule has 146 valence electrons. The maximum Gasteiger partial charge on any atom is 0.245 e. The summed E-state index contributed by atoms with van der Waals surface area (Å²) in [5.41, 5.74) is 0.748. The van der Waals surface area contributed by atoms with Gasteiger partial charge in [0.1, 0.15) is 16.2 Å². The van der Waals surface area contributed by atoms with Crippen molar-refractivity contribution >= 4 is 26.9 Å². The molecule has 0 unspecified atom stereocenters. The van der Waals surface area contributed by atoms with Crippen LogP contribution in [0, 0.1) is 0 Å². The highest BCUT2D eigenvalue weighted by Gasteiger charge is 2.39. The van der Waals surface area contributed by atoms with Crippen LogP contribution in [0.4, 0.5) is 0 Å². The minimum atomic E-state index is -3.77. The first-order valence-corrected chi connectivity index (χ1v) is 10.6. The van der Waals surface area contributed by atoms with Crippen molar-refractivity contribution in [3.63, 3.8) is 0 Å². The van der Waals surface area contributed by atoms with Crippen molar-refractivity contribution in [3.8, 4) is 0 Å². The summed E-state index contributed by atoms with van der Waals surface area (Å²) in [7, 11) is -3.77. The van der Waals surface area contributed by atoms with Crippen LogP contribution in [-0.2, 0) is 14.8 Å². The van der Waals surface area contributed by atoms with Gasteiger partial charge in [0.05, 0.1) is 12.6 Å². The summed E-state index contributed by atoms with van der Waals surface area (Å²) >= 11 is 0. The van der Waals surface area contributed by atoms with Gasteiger partial charge in [0.15, 0.2) is 0 Å². The number of hydrogen-bond donors (Lipinski definition) is 1. The topological polar surface area (TPSA) is 92.5 Å². The summed E-state index contributed by atoms with van der Waals surface area (Å²) in [6.07, 6.45) is 4.33. The van der Waals surface area contributed by atoms with Gasteiger partial charge < -0.3 is 9.73 Å². The summed E-state index contributed by atoms with van der Waals surface area (Å²) in [4.78, 5) is 16.6. The fraction of sp³-hybridized carbons (Fsp3) is 0.300. The number of nitrogens with one attached hydrogen (secondary N) is 1. The van der Waals surface area contributed by atoms with Crippen LogP contribution in [0.5, 0.6) is 0 Å². The molecule has 4 rings (SSSR count). The van der Waals surface area contributed by atoms with Crippen molar-refractivity contribution in [1.82, 2.24) is 14.6 Å². The van der Waals surface area contributed by atoms with Gasteiger partial charge in [-0.15, -0.1) is 0 Å². The number of para-hydroxylation sites is 1. The van der Waals surface area contributed by atoms with Gasteiger partial charge >= 0.3 is 0 Å². The first-order chi connectivity index (χ1) is 13.4. The van der Waals surface area contributed by atoms with E-state index in [-0.39, 0.29) is 29.4 Å². The Morgan fingerprint density at radius 2 is 2.07 bits per heavy atom. The van der Waals surface area contributed by atoms with E-state index in [4.69, 9.17) is 4.42 Å². The molecular weight excluding hydrogens is 378 g/mol. The summed E-state index contributed by atoms with van der Waals surface area (Å²) in [6, 6.07) is 12.0. The van der Waals surface area contributed by atoms with Gasteiger partial charge in [-0.2, -0.15) is 4.31 Å². The molecular formula is C20H21N3O4S. The predicted octanol–water partition coefficient (Wildman–Crippen LogP) is 2.86. The number of benzene rings is 1. The van der Waals surface area contributed by atoms with E-state index < -0.39 is 10.0 Å². The lowest BCUT2D eigenvalue weighted by Crippen LogP contribution is -2.42.